The number of benzene rings is 2. The number of amides is 2. The first-order chi connectivity index (χ1) is 12.0. The largest absolute Gasteiger partial charge is 0.481 e. The maximum Gasteiger partial charge on any atom is 0.264 e. The van der Waals surface area contributed by atoms with E-state index in [1.807, 2.05) is 0 Å². The molecule has 0 saturated heterocycles. The summed E-state index contributed by atoms with van der Waals surface area (Å²) in [7, 11) is 1.67. The van der Waals surface area contributed by atoms with Gasteiger partial charge < -0.3 is 15.0 Å². The summed E-state index contributed by atoms with van der Waals surface area (Å²) >= 11 is 3.30. The normalized spacial score (nSPS) is 14.5. The van der Waals surface area contributed by atoms with Crippen molar-refractivity contribution >= 4 is 39.1 Å². The van der Waals surface area contributed by atoms with Crippen LogP contribution >= 0.6 is 15.9 Å². The minimum Gasteiger partial charge on any atom is -0.481 e. The van der Waals surface area contributed by atoms with Gasteiger partial charge in [0, 0.05) is 18.8 Å². The van der Waals surface area contributed by atoms with E-state index in [1.54, 1.807) is 43.4 Å². The Balaban J connectivity index is 1.69. The Morgan fingerprint density at radius 1 is 1.36 bits per heavy atom. The average molecular weight is 407 g/mol. The number of halogens is 2. The number of alkyl halides is 1. The molecule has 0 aliphatic carbocycles. The molecule has 3 rings (SSSR count). The van der Waals surface area contributed by atoms with Gasteiger partial charge in [0.1, 0.15) is 11.6 Å². The minimum atomic E-state index is -0.578. The van der Waals surface area contributed by atoms with Crippen LogP contribution in [-0.4, -0.2) is 30.3 Å². The van der Waals surface area contributed by atoms with Crippen LogP contribution in [0.3, 0.4) is 0 Å². The fraction of sp³-hybridized carbons (Fsp3) is 0.222. The number of rotatable bonds is 4. The van der Waals surface area contributed by atoms with Gasteiger partial charge in [0.2, 0.25) is 5.91 Å². The zero-order valence-corrected chi connectivity index (χ0v) is 15.0. The smallest absolute Gasteiger partial charge is 0.264 e. The van der Waals surface area contributed by atoms with Crippen molar-refractivity contribution in [3.8, 4) is 5.75 Å². The Kier molecular flexibility index (Phi) is 5.03. The van der Waals surface area contributed by atoms with Crippen LogP contribution in [0.25, 0.3) is 0 Å². The molecule has 0 spiro atoms. The molecule has 1 unspecified atom stereocenters. The van der Waals surface area contributed by atoms with E-state index in [0.29, 0.717) is 22.7 Å². The topological polar surface area (TPSA) is 58.6 Å². The van der Waals surface area contributed by atoms with Gasteiger partial charge in [0.15, 0.2) is 6.61 Å². The summed E-state index contributed by atoms with van der Waals surface area (Å²) in [5, 5.41) is 2.77. The third-order valence-electron chi connectivity index (χ3n) is 3.96. The van der Waals surface area contributed by atoms with Crippen molar-refractivity contribution in [2.45, 2.75) is 11.2 Å². The summed E-state index contributed by atoms with van der Waals surface area (Å²) in [6.07, 6.45) is 0.233. The van der Waals surface area contributed by atoms with Gasteiger partial charge in [-0.1, -0.05) is 34.1 Å². The summed E-state index contributed by atoms with van der Waals surface area (Å²) in [5.74, 6) is -0.229. The Labute approximate surface area is 152 Å². The molecule has 2 aromatic carbocycles. The fourth-order valence-corrected chi connectivity index (χ4v) is 2.99. The van der Waals surface area contributed by atoms with Crippen molar-refractivity contribution in [1.82, 2.24) is 0 Å². The standard InChI is InChI=1S/C18H16BrFN2O3/c1-22-15-7-6-12(9-16(15)25-10-17(22)23)21-18(24)13(19)8-11-4-2-3-5-14(11)20/h2-7,9,13H,8,10H2,1H3,(H,21,24). The number of ether oxygens (including phenoxy) is 1. The fourth-order valence-electron chi connectivity index (χ4n) is 2.53. The minimum absolute atomic E-state index is 0.0325. The molecular formula is C18H16BrFN2O3. The number of nitrogens with zero attached hydrogens (tertiary/aromatic N) is 1. The molecular weight excluding hydrogens is 391 g/mol. The average Bonchev–Trinajstić information content (AvgIpc) is 2.60. The Hall–Kier alpha value is -2.41. The van der Waals surface area contributed by atoms with Crippen molar-refractivity contribution in [2.75, 3.05) is 23.9 Å². The van der Waals surface area contributed by atoms with Crippen LogP contribution in [0.15, 0.2) is 42.5 Å². The second kappa shape index (κ2) is 7.23. The van der Waals surface area contributed by atoms with Crippen LogP contribution in [-0.2, 0) is 16.0 Å². The molecule has 1 aliphatic heterocycles. The van der Waals surface area contributed by atoms with E-state index in [2.05, 4.69) is 21.2 Å². The van der Waals surface area contributed by atoms with E-state index < -0.39 is 4.83 Å². The third-order valence-corrected chi connectivity index (χ3v) is 4.69. The van der Waals surface area contributed by atoms with Crippen LogP contribution in [0.1, 0.15) is 5.56 Å². The maximum absolute atomic E-state index is 13.7. The highest BCUT2D eigenvalue weighted by Crippen LogP contribution is 2.33. The Morgan fingerprint density at radius 3 is 2.88 bits per heavy atom. The third kappa shape index (κ3) is 3.82. The van der Waals surface area contributed by atoms with Crippen molar-refractivity contribution in [3.05, 3.63) is 53.8 Å². The lowest BCUT2D eigenvalue weighted by Crippen LogP contribution is -2.35. The van der Waals surface area contributed by atoms with Crippen molar-refractivity contribution in [1.29, 1.82) is 0 Å². The van der Waals surface area contributed by atoms with Gasteiger partial charge in [-0.25, -0.2) is 4.39 Å². The molecule has 5 nitrogen and oxygen atoms in total. The molecule has 1 heterocycles. The zero-order chi connectivity index (χ0) is 18.0. The molecule has 1 atom stereocenters. The number of hydrogen-bond donors (Lipinski definition) is 1. The van der Waals surface area contributed by atoms with Gasteiger partial charge in [0.25, 0.3) is 5.91 Å². The summed E-state index contributed by atoms with van der Waals surface area (Å²) in [5.41, 5.74) is 1.66. The predicted octanol–water partition coefficient (Wildman–Crippen LogP) is 3.13. The lowest BCUT2D eigenvalue weighted by atomic mass is 10.1. The molecule has 0 saturated carbocycles. The second-order valence-electron chi connectivity index (χ2n) is 5.68. The number of anilines is 2. The van der Waals surface area contributed by atoms with Gasteiger partial charge in [0.05, 0.1) is 10.5 Å². The highest BCUT2D eigenvalue weighted by molar-refractivity contribution is 9.10. The first-order valence-corrected chi connectivity index (χ1v) is 8.59. The lowest BCUT2D eigenvalue weighted by Gasteiger charge is -2.26. The highest BCUT2D eigenvalue weighted by Gasteiger charge is 2.23. The second-order valence-corrected chi connectivity index (χ2v) is 6.78. The lowest BCUT2D eigenvalue weighted by molar-refractivity contribution is -0.121. The van der Waals surface area contributed by atoms with Crippen LogP contribution in [0, 0.1) is 5.82 Å². The first kappa shape index (κ1) is 17.4. The number of carbonyl (C=O) groups excluding carboxylic acids is 2. The molecule has 2 amide bonds. The van der Waals surface area contributed by atoms with E-state index in [0.717, 1.165) is 0 Å². The highest BCUT2D eigenvalue weighted by atomic mass is 79.9. The van der Waals surface area contributed by atoms with Crippen molar-refractivity contribution < 1.29 is 18.7 Å². The summed E-state index contributed by atoms with van der Waals surface area (Å²) < 4.78 is 19.1. The molecule has 0 bridgehead atoms. The number of carbonyl (C=O) groups is 2. The van der Waals surface area contributed by atoms with Crippen LogP contribution in [0.4, 0.5) is 15.8 Å². The van der Waals surface area contributed by atoms with Gasteiger partial charge in [-0.2, -0.15) is 0 Å². The number of hydrogen-bond acceptors (Lipinski definition) is 3. The van der Waals surface area contributed by atoms with E-state index >= 15 is 0 Å². The quantitative estimate of drug-likeness (QED) is 0.793. The molecule has 130 valence electrons. The van der Waals surface area contributed by atoms with Gasteiger partial charge in [-0.3, -0.25) is 9.59 Å². The summed E-state index contributed by atoms with van der Waals surface area (Å²) in [6, 6.07) is 11.4. The molecule has 0 radical (unpaired) electrons. The van der Waals surface area contributed by atoms with Gasteiger partial charge in [-0.15, -0.1) is 0 Å². The molecule has 25 heavy (non-hydrogen) atoms. The number of likely N-dealkylation sites (N-methyl/N-ethyl adjacent to an activating group) is 1. The van der Waals surface area contributed by atoms with Crippen molar-refractivity contribution in [2.24, 2.45) is 0 Å². The number of fused-ring (bicyclic) bond motifs is 1. The molecule has 7 heteroatoms. The zero-order valence-electron chi connectivity index (χ0n) is 13.5. The molecule has 0 aromatic heterocycles. The van der Waals surface area contributed by atoms with Gasteiger partial charge >= 0.3 is 0 Å². The Bertz CT molecular complexity index is 828. The van der Waals surface area contributed by atoms with Crippen LogP contribution in [0.2, 0.25) is 0 Å². The van der Waals surface area contributed by atoms with Crippen LogP contribution < -0.4 is 15.0 Å². The van der Waals surface area contributed by atoms with Crippen LogP contribution in [0.5, 0.6) is 5.75 Å². The first-order valence-electron chi connectivity index (χ1n) is 7.67. The van der Waals surface area contributed by atoms with E-state index in [-0.39, 0.29) is 30.7 Å². The SMILES string of the molecule is CN1C(=O)COc2cc(NC(=O)C(Br)Cc3ccccc3F)ccc21. The summed E-state index contributed by atoms with van der Waals surface area (Å²) in [6.45, 7) is -0.0325. The maximum atomic E-state index is 13.7. The molecule has 2 aromatic rings. The molecule has 1 N–H and O–H groups in total. The van der Waals surface area contributed by atoms with E-state index in [1.165, 1.54) is 11.0 Å². The monoisotopic (exact) mass is 406 g/mol. The summed E-state index contributed by atoms with van der Waals surface area (Å²) in [4.78, 5) is 24.9. The van der Waals surface area contributed by atoms with Gasteiger partial charge in [-0.05, 0) is 30.2 Å². The Morgan fingerprint density at radius 2 is 2.12 bits per heavy atom. The van der Waals surface area contributed by atoms with E-state index in [9.17, 15) is 14.0 Å². The molecule has 1 aliphatic rings. The predicted molar refractivity (Wildman–Crippen MR) is 96.8 cm³/mol. The van der Waals surface area contributed by atoms with Crippen molar-refractivity contribution in [3.63, 3.8) is 0 Å². The molecule has 0 fully saturated rings. The number of nitrogens with one attached hydrogen (secondary N) is 1. The van der Waals surface area contributed by atoms with E-state index in [4.69, 9.17) is 4.74 Å².